The van der Waals surface area contributed by atoms with Crippen LogP contribution in [-0.2, 0) is 0 Å². The predicted octanol–water partition coefficient (Wildman–Crippen LogP) is 2.08. The van der Waals surface area contributed by atoms with E-state index in [4.69, 9.17) is 5.73 Å². The lowest BCUT2D eigenvalue weighted by atomic mass is 10.2. The molecule has 6 heteroatoms. The molecule has 2 N–H and O–H groups in total. The molecule has 1 aromatic heterocycles. The summed E-state index contributed by atoms with van der Waals surface area (Å²) < 4.78 is 2.03. The van der Waals surface area contributed by atoms with Gasteiger partial charge in [-0.05, 0) is 44.8 Å². The van der Waals surface area contributed by atoms with Gasteiger partial charge >= 0.3 is 0 Å². The molecular formula is C12H18Br2N4. The Balaban J connectivity index is 2.01. The Morgan fingerprint density at radius 2 is 2.00 bits per heavy atom. The smallest absolute Gasteiger partial charge is 0.143 e. The molecule has 100 valence electrons. The van der Waals surface area contributed by atoms with Crippen molar-refractivity contribution in [1.82, 2.24) is 9.88 Å². The molecule has 2 rings (SSSR count). The number of hydrogen-bond acceptors (Lipinski definition) is 4. The van der Waals surface area contributed by atoms with E-state index in [9.17, 15) is 0 Å². The van der Waals surface area contributed by atoms with Gasteiger partial charge in [0.1, 0.15) is 5.82 Å². The van der Waals surface area contributed by atoms with Gasteiger partial charge in [-0.25, -0.2) is 4.98 Å². The molecule has 1 aliphatic rings. The summed E-state index contributed by atoms with van der Waals surface area (Å²) in [5.41, 5.74) is 5.71. The maximum atomic E-state index is 5.71. The fraction of sp³-hybridized carbons (Fsp3) is 0.583. The molecule has 0 amide bonds. The lowest BCUT2D eigenvalue weighted by Gasteiger charge is -2.38. The maximum Gasteiger partial charge on any atom is 0.143 e. The summed E-state index contributed by atoms with van der Waals surface area (Å²) in [5.74, 6) is 1.03. The van der Waals surface area contributed by atoms with E-state index in [1.54, 1.807) is 0 Å². The summed E-state index contributed by atoms with van der Waals surface area (Å²) >= 11 is 7.00. The SMILES string of the molecule is CC(CN)N1CCN(c2ncc(Br)cc2Br)CC1. The molecule has 1 unspecified atom stereocenters. The van der Waals surface area contributed by atoms with Crippen molar-refractivity contribution in [1.29, 1.82) is 0 Å². The molecule has 0 saturated carbocycles. The second-order valence-corrected chi connectivity index (χ2v) is 6.34. The Kier molecular flexibility index (Phi) is 5.00. The van der Waals surface area contributed by atoms with Crippen molar-refractivity contribution in [2.75, 3.05) is 37.6 Å². The van der Waals surface area contributed by atoms with Crippen molar-refractivity contribution in [3.8, 4) is 0 Å². The zero-order valence-electron chi connectivity index (χ0n) is 10.4. The van der Waals surface area contributed by atoms with Gasteiger partial charge in [0.15, 0.2) is 0 Å². The van der Waals surface area contributed by atoms with Crippen molar-refractivity contribution < 1.29 is 0 Å². The number of rotatable bonds is 3. The number of pyridine rings is 1. The number of piperazine rings is 1. The molecule has 0 radical (unpaired) electrons. The fourth-order valence-corrected chi connectivity index (χ4v) is 3.40. The third-order valence-corrected chi connectivity index (χ3v) is 4.38. The predicted molar refractivity (Wildman–Crippen MR) is 81.9 cm³/mol. The highest BCUT2D eigenvalue weighted by molar-refractivity contribution is 9.11. The minimum absolute atomic E-state index is 0.466. The largest absolute Gasteiger partial charge is 0.353 e. The van der Waals surface area contributed by atoms with E-state index in [2.05, 4.69) is 53.6 Å². The zero-order chi connectivity index (χ0) is 13.1. The standard InChI is InChI=1S/C12H18Br2N4/c1-9(7-15)17-2-4-18(5-3-17)12-11(14)6-10(13)8-16-12/h6,8-9H,2-5,7,15H2,1H3. The van der Waals surface area contributed by atoms with E-state index in [0.29, 0.717) is 6.04 Å². The van der Waals surface area contributed by atoms with Crippen LogP contribution in [0.3, 0.4) is 0 Å². The van der Waals surface area contributed by atoms with Gasteiger partial charge in [-0.15, -0.1) is 0 Å². The van der Waals surface area contributed by atoms with Gasteiger partial charge in [0.05, 0.1) is 4.47 Å². The topological polar surface area (TPSA) is 45.4 Å². The van der Waals surface area contributed by atoms with E-state index in [-0.39, 0.29) is 0 Å². The highest BCUT2D eigenvalue weighted by Crippen LogP contribution is 2.27. The average Bonchev–Trinajstić information content (AvgIpc) is 2.38. The first-order chi connectivity index (χ1) is 8.61. The Hall–Kier alpha value is -0.170. The van der Waals surface area contributed by atoms with Gasteiger partial charge in [-0.3, -0.25) is 4.90 Å². The van der Waals surface area contributed by atoms with Crippen LogP contribution in [0.2, 0.25) is 0 Å². The minimum Gasteiger partial charge on any atom is -0.353 e. The molecule has 4 nitrogen and oxygen atoms in total. The first-order valence-electron chi connectivity index (χ1n) is 6.12. The summed E-state index contributed by atoms with van der Waals surface area (Å²) in [7, 11) is 0. The monoisotopic (exact) mass is 376 g/mol. The Morgan fingerprint density at radius 3 is 2.56 bits per heavy atom. The van der Waals surface area contributed by atoms with Crippen molar-refractivity contribution >= 4 is 37.7 Å². The third kappa shape index (κ3) is 3.23. The Bertz CT molecular complexity index is 405. The molecule has 0 spiro atoms. The lowest BCUT2D eigenvalue weighted by molar-refractivity contribution is 0.201. The molecular weight excluding hydrogens is 360 g/mol. The molecule has 1 saturated heterocycles. The molecule has 2 heterocycles. The van der Waals surface area contributed by atoms with Crippen LogP contribution in [0.25, 0.3) is 0 Å². The van der Waals surface area contributed by atoms with Crippen LogP contribution >= 0.6 is 31.9 Å². The third-order valence-electron chi connectivity index (χ3n) is 3.37. The van der Waals surface area contributed by atoms with Gasteiger partial charge in [0.25, 0.3) is 0 Å². The quantitative estimate of drug-likeness (QED) is 0.875. The number of hydrogen-bond donors (Lipinski definition) is 1. The fourth-order valence-electron chi connectivity index (χ4n) is 2.16. The van der Waals surface area contributed by atoms with Crippen LogP contribution in [0, 0.1) is 0 Å². The summed E-state index contributed by atoms with van der Waals surface area (Å²) in [6.07, 6.45) is 1.84. The number of aromatic nitrogens is 1. The van der Waals surface area contributed by atoms with Crippen LogP contribution in [0.15, 0.2) is 21.2 Å². The molecule has 1 aliphatic heterocycles. The average molecular weight is 378 g/mol. The molecule has 0 aromatic carbocycles. The Labute approximate surface area is 125 Å². The molecule has 18 heavy (non-hydrogen) atoms. The van der Waals surface area contributed by atoms with Gasteiger partial charge in [-0.1, -0.05) is 0 Å². The summed E-state index contributed by atoms with van der Waals surface area (Å²) in [6.45, 7) is 6.99. The van der Waals surface area contributed by atoms with Crippen molar-refractivity contribution in [2.24, 2.45) is 5.73 Å². The van der Waals surface area contributed by atoms with E-state index >= 15 is 0 Å². The second-order valence-electron chi connectivity index (χ2n) is 4.57. The zero-order valence-corrected chi connectivity index (χ0v) is 13.6. The van der Waals surface area contributed by atoms with Crippen molar-refractivity contribution in [3.05, 3.63) is 21.2 Å². The minimum atomic E-state index is 0.466. The summed E-state index contributed by atoms with van der Waals surface area (Å²) in [4.78, 5) is 9.23. The molecule has 0 aliphatic carbocycles. The molecule has 0 bridgehead atoms. The van der Waals surface area contributed by atoms with Crippen LogP contribution in [-0.4, -0.2) is 48.6 Å². The second kappa shape index (κ2) is 6.32. The number of halogens is 2. The number of nitrogens with two attached hydrogens (primary N) is 1. The van der Waals surface area contributed by atoms with Gasteiger partial charge < -0.3 is 10.6 Å². The van der Waals surface area contributed by atoms with Crippen molar-refractivity contribution in [2.45, 2.75) is 13.0 Å². The van der Waals surface area contributed by atoms with Crippen LogP contribution in [0.5, 0.6) is 0 Å². The van der Waals surface area contributed by atoms with E-state index in [1.165, 1.54) is 0 Å². The number of nitrogens with zero attached hydrogens (tertiary/aromatic N) is 3. The maximum absolute atomic E-state index is 5.71. The van der Waals surface area contributed by atoms with E-state index < -0.39 is 0 Å². The van der Waals surface area contributed by atoms with E-state index in [1.807, 2.05) is 12.3 Å². The van der Waals surface area contributed by atoms with Crippen LogP contribution in [0.1, 0.15) is 6.92 Å². The van der Waals surface area contributed by atoms with Crippen LogP contribution < -0.4 is 10.6 Å². The van der Waals surface area contributed by atoms with Crippen molar-refractivity contribution in [3.63, 3.8) is 0 Å². The highest BCUT2D eigenvalue weighted by Gasteiger charge is 2.22. The molecule has 1 fully saturated rings. The number of anilines is 1. The first-order valence-corrected chi connectivity index (χ1v) is 7.70. The van der Waals surface area contributed by atoms with Gasteiger partial charge in [0.2, 0.25) is 0 Å². The first kappa shape index (κ1) is 14.2. The summed E-state index contributed by atoms with van der Waals surface area (Å²) in [6, 6.07) is 2.51. The van der Waals surface area contributed by atoms with E-state index in [0.717, 1.165) is 47.5 Å². The normalized spacial score (nSPS) is 19.0. The highest BCUT2D eigenvalue weighted by atomic mass is 79.9. The van der Waals surface area contributed by atoms with Gasteiger partial charge in [-0.2, -0.15) is 0 Å². The molecule has 1 aromatic rings. The lowest BCUT2D eigenvalue weighted by Crippen LogP contribution is -2.51. The summed E-state index contributed by atoms with van der Waals surface area (Å²) in [5, 5.41) is 0. The molecule has 1 atom stereocenters. The van der Waals surface area contributed by atoms with Gasteiger partial charge in [0, 0.05) is 49.4 Å². The van der Waals surface area contributed by atoms with Crippen LogP contribution in [0.4, 0.5) is 5.82 Å². The Morgan fingerprint density at radius 1 is 1.33 bits per heavy atom.